The first-order valence-corrected chi connectivity index (χ1v) is 8.73. The Hall–Kier alpha value is -2.71. The van der Waals surface area contributed by atoms with Crippen LogP contribution in [0.3, 0.4) is 0 Å². The van der Waals surface area contributed by atoms with Gasteiger partial charge in [0, 0.05) is 34.8 Å². The number of benzene rings is 1. The first-order chi connectivity index (χ1) is 11.8. The minimum absolute atomic E-state index is 0.163. The fourth-order valence-corrected chi connectivity index (χ4v) is 3.13. The van der Waals surface area contributed by atoms with E-state index >= 15 is 0 Å². The molecule has 3 aromatic rings. The van der Waals surface area contributed by atoms with E-state index in [9.17, 15) is 17.2 Å². The summed E-state index contributed by atoms with van der Waals surface area (Å²) in [5, 5.41) is 4.90. The number of aromatic nitrogens is 2. The number of aryl methyl sites for hydroxylation is 1. The third-order valence-electron chi connectivity index (χ3n) is 3.69. The van der Waals surface area contributed by atoms with E-state index in [0.29, 0.717) is 22.9 Å². The van der Waals surface area contributed by atoms with Crippen LogP contribution in [0.25, 0.3) is 22.4 Å². The third-order valence-corrected chi connectivity index (χ3v) is 4.61. The first-order valence-electron chi connectivity index (χ1n) is 7.18. The molecule has 0 unspecified atom stereocenters. The van der Waals surface area contributed by atoms with Gasteiger partial charge >= 0.3 is 0 Å². The Kier molecular flexibility index (Phi) is 4.32. The van der Waals surface area contributed by atoms with Crippen molar-refractivity contribution in [3.05, 3.63) is 66.1 Å². The molecule has 0 bridgehead atoms. The Morgan fingerprint density at radius 3 is 2.20 bits per heavy atom. The number of pyridine rings is 2. The van der Waals surface area contributed by atoms with Crippen LogP contribution in [0.5, 0.6) is 0 Å². The number of hydrogen-bond donors (Lipinski definition) is 1. The van der Waals surface area contributed by atoms with Gasteiger partial charge in [-0.05, 0) is 31.2 Å². The summed E-state index contributed by atoms with van der Waals surface area (Å²) in [6, 6.07) is 8.23. The van der Waals surface area contributed by atoms with Crippen LogP contribution in [0.2, 0.25) is 0 Å². The molecule has 0 radical (unpaired) electrons. The summed E-state index contributed by atoms with van der Waals surface area (Å²) < 4.78 is 51.3. The molecule has 5 nitrogen and oxygen atoms in total. The fraction of sp³-hybridized carbons (Fsp3) is 0.0588. The van der Waals surface area contributed by atoms with Crippen molar-refractivity contribution < 1.29 is 17.2 Å². The molecule has 2 heterocycles. The largest absolute Gasteiger partial charge is 0.261 e. The summed E-state index contributed by atoms with van der Waals surface area (Å²) in [7, 11) is -4.37. The molecular weight excluding hydrogens is 348 g/mol. The maximum Gasteiger partial charge on any atom is 0.241 e. The number of sulfonamides is 1. The number of hydrogen-bond acceptors (Lipinski definition) is 4. The van der Waals surface area contributed by atoms with Crippen LogP contribution in [0.15, 0.2) is 53.7 Å². The molecule has 8 heteroatoms. The van der Waals surface area contributed by atoms with Crippen LogP contribution >= 0.6 is 0 Å². The van der Waals surface area contributed by atoms with E-state index in [1.54, 1.807) is 37.4 Å². The summed E-state index contributed by atoms with van der Waals surface area (Å²) in [6.07, 6.45) is 3.06. The molecule has 3 rings (SSSR count). The smallest absolute Gasteiger partial charge is 0.241 e. The van der Waals surface area contributed by atoms with Crippen LogP contribution in [0.1, 0.15) is 5.69 Å². The number of nitrogens with two attached hydrogens (primary N) is 1. The molecule has 2 aromatic heterocycles. The van der Waals surface area contributed by atoms with E-state index in [4.69, 9.17) is 5.14 Å². The molecule has 0 fully saturated rings. The lowest BCUT2D eigenvalue weighted by atomic mass is 9.98. The van der Waals surface area contributed by atoms with Crippen LogP contribution in [0.4, 0.5) is 8.78 Å². The maximum atomic E-state index is 14.5. The normalized spacial score (nSPS) is 11.5. The zero-order valence-electron chi connectivity index (χ0n) is 13.1. The Morgan fingerprint density at radius 2 is 1.56 bits per heavy atom. The molecule has 0 amide bonds. The van der Waals surface area contributed by atoms with Gasteiger partial charge in [0.1, 0.15) is 16.5 Å². The fourth-order valence-electron chi connectivity index (χ4n) is 2.53. The van der Waals surface area contributed by atoms with Crippen LogP contribution in [0, 0.1) is 18.6 Å². The van der Waals surface area contributed by atoms with E-state index in [-0.39, 0.29) is 11.3 Å². The third kappa shape index (κ3) is 3.26. The second-order valence-corrected chi connectivity index (χ2v) is 6.87. The van der Waals surface area contributed by atoms with E-state index in [0.717, 1.165) is 6.07 Å². The van der Waals surface area contributed by atoms with Gasteiger partial charge in [-0.1, -0.05) is 12.1 Å². The monoisotopic (exact) mass is 361 g/mol. The van der Waals surface area contributed by atoms with Crippen molar-refractivity contribution in [2.45, 2.75) is 11.8 Å². The first kappa shape index (κ1) is 17.1. The highest BCUT2D eigenvalue weighted by atomic mass is 32.2. The number of nitrogens with zero attached hydrogens (tertiary/aromatic N) is 2. The Morgan fingerprint density at radius 1 is 0.920 bits per heavy atom. The Balaban J connectivity index is 2.26. The molecule has 128 valence electrons. The van der Waals surface area contributed by atoms with Crippen molar-refractivity contribution in [2.75, 3.05) is 0 Å². The molecule has 2 N–H and O–H groups in total. The van der Waals surface area contributed by atoms with Gasteiger partial charge in [-0.2, -0.15) is 0 Å². The van der Waals surface area contributed by atoms with Gasteiger partial charge < -0.3 is 0 Å². The second-order valence-electron chi connectivity index (χ2n) is 5.34. The van der Waals surface area contributed by atoms with Gasteiger partial charge in [0.2, 0.25) is 10.0 Å². The van der Waals surface area contributed by atoms with Gasteiger partial charge in [-0.15, -0.1) is 0 Å². The van der Waals surface area contributed by atoms with Crippen molar-refractivity contribution in [1.82, 2.24) is 9.97 Å². The lowest BCUT2D eigenvalue weighted by molar-refractivity contribution is 0.555. The van der Waals surface area contributed by atoms with Crippen LogP contribution in [-0.4, -0.2) is 18.4 Å². The van der Waals surface area contributed by atoms with Crippen molar-refractivity contribution in [3.8, 4) is 22.4 Å². The van der Waals surface area contributed by atoms with Crippen molar-refractivity contribution in [3.63, 3.8) is 0 Å². The van der Waals surface area contributed by atoms with Gasteiger partial charge in [-0.3, -0.25) is 9.97 Å². The van der Waals surface area contributed by atoms with E-state index in [1.807, 2.05) is 0 Å². The lowest BCUT2D eigenvalue weighted by Crippen LogP contribution is -2.14. The van der Waals surface area contributed by atoms with Gasteiger partial charge in [0.05, 0.1) is 5.69 Å². The number of rotatable bonds is 3. The van der Waals surface area contributed by atoms with Gasteiger partial charge in [-0.25, -0.2) is 22.3 Å². The van der Waals surface area contributed by atoms with Crippen molar-refractivity contribution >= 4 is 10.0 Å². The van der Waals surface area contributed by atoms with Gasteiger partial charge in [0.25, 0.3) is 0 Å². The average Bonchev–Trinajstić information content (AvgIpc) is 2.56. The minimum Gasteiger partial charge on any atom is -0.261 e. The molecule has 0 saturated heterocycles. The highest BCUT2D eigenvalue weighted by Gasteiger charge is 2.21. The summed E-state index contributed by atoms with van der Waals surface area (Å²) in [5.41, 5.74) is 1.97. The zero-order valence-corrected chi connectivity index (χ0v) is 13.9. The topological polar surface area (TPSA) is 85.9 Å². The van der Waals surface area contributed by atoms with Gasteiger partial charge in [0.15, 0.2) is 0 Å². The number of halogens is 2. The SMILES string of the molecule is Cc1ncccc1-c1cccnc1-c1cc(F)c(S(N)(=O)=O)cc1F. The summed E-state index contributed by atoms with van der Waals surface area (Å²) in [5.74, 6) is -2.08. The number of primary sulfonamides is 1. The lowest BCUT2D eigenvalue weighted by Gasteiger charge is -2.12. The molecule has 0 aliphatic rings. The molecule has 0 atom stereocenters. The molecule has 25 heavy (non-hydrogen) atoms. The Bertz CT molecular complexity index is 1070. The predicted molar refractivity (Wildman–Crippen MR) is 88.9 cm³/mol. The second kappa shape index (κ2) is 6.30. The Labute approximate surface area is 143 Å². The van der Waals surface area contributed by atoms with Crippen molar-refractivity contribution in [2.24, 2.45) is 5.14 Å². The summed E-state index contributed by atoms with van der Waals surface area (Å²) in [4.78, 5) is 7.43. The molecule has 0 saturated carbocycles. The standard InChI is InChI=1S/C17H13F2N3O2S/c1-10-11(4-2-6-21-10)12-5-3-7-22-17(12)13-8-15(19)16(9-14(13)18)25(20,23)24/h2-9H,1H3,(H2,20,23,24). The molecule has 0 aliphatic carbocycles. The highest BCUT2D eigenvalue weighted by molar-refractivity contribution is 7.89. The summed E-state index contributed by atoms with van der Waals surface area (Å²) >= 11 is 0. The predicted octanol–water partition coefficient (Wildman–Crippen LogP) is 3.04. The minimum atomic E-state index is -4.37. The quantitative estimate of drug-likeness (QED) is 0.777. The molecule has 1 aromatic carbocycles. The molecular formula is C17H13F2N3O2S. The van der Waals surface area contributed by atoms with E-state index in [1.165, 1.54) is 6.20 Å². The highest BCUT2D eigenvalue weighted by Crippen LogP contribution is 2.34. The molecule has 0 aliphatic heterocycles. The van der Waals surface area contributed by atoms with Crippen molar-refractivity contribution in [1.29, 1.82) is 0 Å². The van der Waals surface area contributed by atoms with E-state index < -0.39 is 26.6 Å². The zero-order chi connectivity index (χ0) is 18.2. The summed E-state index contributed by atoms with van der Waals surface area (Å²) in [6.45, 7) is 1.78. The maximum absolute atomic E-state index is 14.5. The van der Waals surface area contributed by atoms with Crippen LogP contribution in [-0.2, 0) is 10.0 Å². The van der Waals surface area contributed by atoms with Crippen LogP contribution < -0.4 is 5.14 Å². The molecule has 0 spiro atoms. The van der Waals surface area contributed by atoms with E-state index in [2.05, 4.69) is 9.97 Å². The average molecular weight is 361 g/mol.